The lowest BCUT2D eigenvalue weighted by molar-refractivity contribution is 0.110. The number of piperazine rings is 1. The summed E-state index contributed by atoms with van der Waals surface area (Å²) in [6.07, 6.45) is 1.67. The number of hydrogen-bond donors (Lipinski definition) is 1. The number of rotatable bonds is 7. The van der Waals surface area contributed by atoms with Gasteiger partial charge in [-0.1, -0.05) is 30.3 Å². The SMILES string of the molecule is N#CC[C@H]1CN(c2cc(OC[C@@]34CCCN3C[C@H](F)C4)nc3c2CCN(Cc2ccccc2)C3)CCN1C(=O)O. The van der Waals surface area contributed by atoms with Gasteiger partial charge in [0.05, 0.1) is 29.8 Å². The fourth-order valence-electron chi connectivity index (χ4n) is 7.14. The zero-order chi connectivity index (χ0) is 27.7. The molecule has 5 heterocycles. The molecule has 3 saturated heterocycles. The molecule has 0 spiro atoms. The molecule has 1 aromatic heterocycles. The van der Waals surface area contributed by atoms with Crippen molar-refractivity contribution < 1.29 is 19.0 Å². The van der Waals surface area contributed by atoms with Gasteiger partial charge in [0.25, 0.3) is 0 Å². The van der Waals surface area contributed by atoms with Gasteiger partial charge in [0.15, 0.2) is 0 Å². The molecular weight excluding hydrogens is 511 g/mol. The molecule has 4 aliphatic rings. The molecule has 6 rings (SSSR count). The molecule has 3 atom stereocenters. The van der Waals surface area contributed by atoms with Crippen molar-refractivity contribution in [3.05, 3.63) is 53.2 Å². The second-order valence-electron chi connectivity index (χ2n) is 11.7. The van der Waals surface area contributed by atoms with E-state index in [4.69, 9.17) is 9.72 Å². The molecule has 9 nitrogen and oxygen atoms in total. The Bertz CT molecular complexity index is 1270. The van der Waals surface area contributed by atoms with E-state index in [1.807, 2.05) is 12.1 Å². The van der Waals surface area contributed by atoms with Crippen LogP contribution in [0.1, 0.15) is 42.5 Å². The molecule has 1 amide bonds. The minimum absolute atomic E-state index is 0.146. The Balaban J connectivity index is 1.28. The normalized spacial score (nSPS) is 26.8. The molecule has 212 valence electrons. The molecule has 40 heavy (non-hydrogen) atoms. The van der Waals surface area contributed by atoms with Crippen molar-refractivity contribution in [3.8, 4) is 11.9 Å². The monoisotopic (exact) mass is 548 g/mol. The maximum Gasteiger partial charge on any atom is 0.407 e. The lowest BCUT2D eigenvalue weighted by Gasteiger charge is -2.42. The molecule has 0 unspecified atom stereocenters. The highest BCUT2D eigenvalue weighted by Gasteiger charge is 2.49. The third-order valence-corrected chi connectivity index (χ3v) is 9.11. The van der Waals surface area contributed by atoms with Crippen LogP contribution in [0.5, 0.6) is 5.88 Å². The van der Waals surface area contributed by atoms with Gasteiger partial charge in [0.2, 0.25) is 5.88 Å². The number of nitriles is 1. The molecule has 0 saturated carbocycles. The smallest absolute Gasteiger partial charge is 0.407 e. The van der Waals surface area contributed by atoms with Gasteiger partial charge in [-0.05, 0) is 36.9 Å². The summed E-state index contributed by atoms with van der Waals surface area (Å²) in [5.41, 5.74) is 4.15. The number of hydrogen-bond acceptors (Lipinski definition) is 7. The molecule has 0 aliphatic carbocycles. The van der Waals surface area contributed by atoms with Crippen molar-refractivity contribution >= 4 is 11.8 Å². The summed E-state index contributed by atoms with van der Waals surface area (Å²) >= 11 is 0. The average molecular weight is 549 g/mol. The van der Waals surface area contributed by atoms with Crippen LogP contribution in [0.15, 0.2) is 36.4 Å². The van der Waals surface area contributed by atoms with E-state index in [0.29, 0.717) is 51.6 Å². The van der Waals surface area contributed by atoms with Crippen LogP contribution in [0.25, 0.3) is 0 Å². The topological polar surface area (TPSA) is 96.2 Å². The minimum atomic E-state index is -0.986. The highest BCUT2D eigenvalue weighted by atomic mass is 19.1. The fraction of sp³-hybridized carbons (Fsp3) is 0.567. The second kappa shape index (κ2) is 11.2. The number of aromatic nitrogens is 1. The Morgan fingerprint density at radius 3 is 2.85 bits per heavy atom. The molecule has 4 aliphatic heterocycles. The van der Waals surface area contributed by atoms with Gasteiger partial charge in [-0.25, -0.2) is 14.2 Å². The first-order valence-electron chi connectivity index (χ1n) is 14.4. The Kier molecular flexibility index (Phi) is 7.51. The third-order valence-electron chi connectivity index (χ3n) is 9.11. The Hall–Kier alpha value is -3.42. The minimum Gasteiger partial charge on any atom is -0.476 e. The Labute approximate surface area is 234 Å². The summed E-state index contributed by atoms with van der Waals surface area (Å²) in [5, 5.41) is 19.1. The highest BCUT2D eigenvalue weighted by Crippen LogP contribution is 2.41. The second-order valence-corrected chi connectivity index (χ2v) is 11.7. The lowest BCUT2D eigenvalue weighted by Crippen LogP contribution is -2.55. The third kappa shape index (κ3) is 5.32. The van der Waals surface area contributed by atoms with Gasteiger partial charge in [-0.2, -0.15) is 5.26 Å². The Morgan fingerprint density at radius 2 is 2.05 bits per heavy atom. The first-order chi connectivity index (χ1) is 19.4. The van der Waals surface area contributed by atoms with E-state index >= 15 is 0 Å². The number of pyridine rings is 1. The van der Waals surface area contributed by atoms with Gasteiger partial charge in [0.1, 0.15) is 12.8 Å². The zero-order valence-corrected chi connectivity index (χ0v) is 22.8. The summed E-state index contributed by atoms with van der Waals surface area (Å²) in [6.45, 7) is 5.55. The van der Waals surface area contributed by atoms with Crippen LogP contribution in [0.4, 0.5) is 14.9 Å². The number of fused-ring (bicyclic) bond motifs is 2. The van der Waals surface area contributed by atoms with Crippen LogP contribution in [-0.4, -0.2) is 94.5 Å². The van der Waals surface area contributed by atoms with Crippen molar-refractivity contribution in [1.82, 2.24) is 19.7 Å². The summed E-state index contributed by atoms with van der Waals surface area (Å²) in [7, 11) is 0. The first kappa shape index (κ1) is 26.8. The largest absolute Gasteiger partial charge is 0.476 e. The summed E-state index contributed by atoms with van der Waals surface area (Å²) in [6, 6.07) is 14.2. The molecule has 1 N–H and O–H groups in total. The lowest BCUT2D eigenvalue weighted by atomic mass is 9.95. The number of carboxylic acid groups (broad SMARTS) is 1. The summed E-state index contributed by atoms with van der Waals surface area (Å²) in [4.78, 5) is 25.0. The number of amides is 1. The van der Waals surface area contributed by atoms with E-state index in [9.17, 15) is 19.6 Å². The van der Waals surface area contributed by atoms with Crippen molar-refractivity contribution in [2.24, 2.45) is 0 Å². The number of benzene rings is 1. The zero-order valence-electron chi connectivity index (χ0n) is 22.8. The van der Waals surface area contributed by atoms with Gasteiger partial charge in [-0.15, -0.1) is 0 Å². The predicted octanol–water partition coefficient (Wildman–Crippen LogP) is 3.68. The van der Waals surface area contributed by atoms with Gasteiger partial charge in [0, 0.05) is 64.0 Å². The molecule has 0 bridgehead atoms. The predicted molar refractivity (Wildman–Crippen MR) is 148 cm³/mol. The van der Waals surface area contributed by atoms with Crippen LogP contribution >= 0.6 is 0 Å². The number of nitrogens with zero attached hydrogens (tertiary/aromatic N) is 6. The molecule has 0 radical (unpaired) electrons. The maximum atomic E-state index is 14.4. The van der Waals surface area contributed by atoms with Gasteiger partial charge in [-0.3, -0.25) is 9.80 Å². The van der Waals surface area contributed by atoms with Crippen molar-refractivity contribution in [2.45, 2.75) is 62.9 Å². The van der Waals surface area contributed by atoms with Gasteiger partial charge < -0.3 is 19.6 Å². The van der Waals surface area contributed by atoms with Crippen LogP contribution in [-0.2, 0) is 19.5 Å². The van der Waals surface area contributed by atoms with E-state index in [1.54, 1.807) is 0 Å². The van der Waals surface area contributed by atoms with E-state index in [-0.39, 0.29) is 12.0 Å². The molecule has 10 heteroatoms. The number of anilines is 1. The highest BCUT2D eigenvalue weighted by molar-refractivity contribution is 5.67. The number of halogens is 1. The molecular formula is C30H37FN6O3. The number of alkyl halides is 1. The Morgan fingerprint density at radius 1 is 1.20 bits per heavy atom. The summed E-state index contributed by atoms with van der Waals surface area (Å²) in [5.74, 6) is 0.538. The van der Waals surface area contributed by atoms with Crippen molar-refractivity contribution in [3.63, 3.8) is 0 Å². The van der Waals surface area contributed by atoms with E-state index in [0.717, 1.165) is 50.3 Å². The van der Waals surface area contributed by atoms with Crippen LogP contribution in [0.2, 0.25) is 0 Å². The molecule has 1 aromatic carbocycles. The number of ether oxygens (including phenoxy) is 1. The quantitative estimate of drug-likeness (QED) is 0.560. The average Bonchev–Trinajstić information content (AvgIpc) is 3.47. The van der Waals surface area contributed by atoms with Gasteiger partial charge >= 0.3 is 6.09 Å². The molecule has 2 aromatic rings. The van der Waals surface area contributed by atoms with E-state index in [2.05, 4.69) is 45.0 Å². The molecule has 3 fully saturated rings. The van der Waals surface area contributed by atoms with E-state index in [1.165, 1.54) is 16.0 Å². The van der Waals surface area contributed by atoms with Crippen molar-refractivity contribution in [2.75, 3.05) is 50.8 Å². The van der Waals surface area contributed by atoms with E-state index < -0.39 is 18.3 Å². The maximum absolute atomic E-state index is 14.4. The van der Waals surface area contributed by atoms with Crippen LogP contribution < -0.4 is 9.64 Å². The van der Waals surface area contributed by atoms with Crippen molar-refractivity contribution in [1.29, 1.82) is 5.26 Å². The fourth-order valence-corrected chi connectivity index (χ4v) is 7.14. The van der Waals surface area contributed by atoms with Crippen LogP contribution in [0.3, 0.4) is 0 Å². The van der Waals surface area contributed by atoms with Crippen LogP contribution in [0, 0.1) is 11.3 Å². The first-order valence-corrected chi connectivity index (χ1v) is 14.4. The summed E-state index contributed by atoms with van der Waals surface area (Å²) < 4.78 is 20.8. The number of carbonyl (C=O) groups is 1. The standard InChI is InChI=1S/C30H37FN6O3/c31-23-16-30(9-4-11-36(30)18-23)21-40-28-15-27(35-13-14-37(29(38)39)24(19-35)7-10-32)25-8-12-34(20-26(25)33-28)17-22-5-2-1-3-6-22/h1-3,5-6,15,23-24H,4,7-9,11-14,16-21H2,(H,38,39)/t23-,24+,30+/m1/s1.